The van der Waals surface area contributed by atoms with Crippen molar-refractivity contribution < 1.29 is 4.48 Å². The van der Waals surface area contributed by atoms with Gasteiger partial charge in [-0.15, -0.1) is 9.60 Å². The number of rotatable bonds is 0. The molecule has 1 aliphatic rings. The van der Waals surface area contributed by atoms with E-state index in [-0.39, 0.29) is 6.04 Å². The first-order valence-corrected chi connectivity index (χ1v) is 3.23. The summed E-state index contributed by atoms with van der Waals surface area (Å²) < 4.78 is 12.4. The van der Waals surface area contributed by atoms with Crippen LogP contribution in [0.5, 0.6) is 0 Å². The molecule has 0 radical (unpaired) electrons. The van der Waals surface area contributed by atoms with Crippen LogP contribution in [0.4, 0.5) is 4.48 Å². The van der Waals surface area contributed by atoms with Crippen molar-refractivity contribution in [3.05, 3.63) is 0 Å². The first-order valence-electron chi connectivity index (χ1n) is 3.23. The highest BCUT2D eigenvalue weighted by atomic mass is 19.2. The first kappa shape index (κ1) is 6.02. The van der Waals surface area contributed by atoms with Crippen LogP contribution in [0.1, 0.15) is 26.2 Å². The lowest BCUT2D eigenvalue weighted by Crippen LogP contribution is -2.30. The van der Waals surface area contributed by atoms with Crippen LogP contribution in [0.15, 0.2) is 0 Å². The van der Waals surface area contributed by atoms with E-state index in [1.165, 1.54) is 6.42 Å². The monoisotopic (exact) mass is 117 g/mol. The minimum atomic E-state index is 0.170. The zero-order valence-corrected chi connectivity index (χ0v) is 5.23. The van der Waals surface area contributed by atoms with Crippen molar-refractivity contribution >= 4 is 0 Å². The summed E-state index contributed by atoms with van der Waals surface area (Å²) in [6.07, 6.45) is 3.25. The van der Waals surface area contributed by atoms with Gasteiger partial charge in [0.1, 0.15) is 0 Å². The average Bonchev–Trinajstić information content (AvgIpc) is 1.77. The second-order valence-corrected chi connectivity index (χ2v) is 2.47. The lowest BCUT2D eigenvalue weighted by Gasteiger charge is -2.24. The van der Waals surface area contributed by atoms with Crippen LogP contribution in [0.25, 0.3) is 0 Å². The topological polar surface area (TPSA) is 3.24 Å². The number of piperidine rings is 1. The highest BCUT2D eigenvalue weighted by Crippen LogP contribution is 2.15. The number of nitrogens with zero attached hydrogens (tertiary/aromatic N) is 1. The molecule has 0 N–H and O–H groups in total. The van der Waals surface area contributed by atoms with Crippen LogP contribution < -0.4 is 0 Å². The molecule has 0 aromatic heterocycles. The van der Waals surface area contributed by atoms with E-state index in [1.54, 1.807) is 0 Å². The molecular weight excluding hydrogens is 105 g/mol. The van der Waals surface area contributed by atoms with Crippen molar-refractivity contribution in [2.24, 2.45) is 0 Å². The summed E-state index contributed by atoms with van der Waals surface area (Å²) in [5.41, 5.74) is 0. The predicted octanol–water partition coefficient (Wildman–Crippen LogP) is 1.75. The van der Waals surface area contributed by atoms with Crippen LogP contribution in [-0.4, -0.2) is 17.7 Å². The Hall–Kier alpha value is -0.110. The van der Waals surface area contributed by atoms with E-state index in [4.69, 9.17) is 0 Å². The van der Waals surface area contributed by atoms with Crippen LogP contribution in [0, 0.1) is 0 Å². The van der Waals surface area contributed by atoms with Gasteiger partial charge in [0.15, 0.2) is 0 Å². The van der Waals surface area contributed by atoms with Crippen molar-refractivity contribution in [1.82, 2.24) is 5.12 Å². The maximum absolute atomic E-state index is 12.4. The molecule has 0 saturated carbocycles. The highest BCUT2D eigenvalue weighted by molar-refractivity contribution is 4.65. The number of hydrogen-bond donors (Lipinski definition) is 0. The molecule has 0 bridgehead atoms. The van der Waals surface area contributed by atoms with Crippen molar-refractivity contribution in [2.75, 3.05) is 6.54 Å². The number of hydrogen-bond acceptors (Lipinski definition) is 1. The Morgan fingerprint density at radius 2 is 2.25 bits per heavy atom. The third kappa shape index (κ3) is 1.19. The van der Waals surface area contributed by atoms with E-state index in [0.717, 1.165) is 18.0 Å². The Balaban J connectivity index is 2.28. The molecule has 2 heteroatoms. The van der Waals surface area contributed by atoms with Crippen molar-refractivity contribution in [2.45, 2.75) is 32.2 Å². The Kier molecular flexibility index (Phi) is 1.84. The molecule has 0 spiro atoms. The van der Waals surface area contributed by atoms with E-state index >= 15 is 0 Å². The van der Waals surface area contributed by atoms with Crippen molar-refractivity contribution in [3.63, 3.8) is 0 Å². The van der Waals surface area contributed by atoms with Gasteiger partial charge in [0.25, 0.3) is 0 Å². The molecule has 1 atom stereocenters. The van der Waals surface area contributed by atoms with Crippen molar-refractivity contribution in [3.8, 4) is 0 Å². The molecule has 1 aliphatic heterocycles. The minimum absolute atomic E-state index is 0.170. The zero-order valence-electron chi connectivity index (χ0n) is 5.23. The van der Waals surface area contributed by atoms with Crippen LogP contribution in [0.3, 0.4) is 0 Å². The van der Waals surface area contributed by atoms with E-state index in [0.29, 0.717) is 6.54 Å². The van der Waals surface area contributed by atoms with Crippen LogP contribution in [0.2, 0.25) is 0 Å². The number of halogens is 1. The molecule has 1 saturated heterocycles. The molecule has 0 aliphatic carbocycles. The van der Waals surface area contributed by atoms with Gasteiger partial charge in [0.05, 0.1) is 0 Å². The molecule has 1 rings (SSSR count). The van der Waals surface area contributed by atoms with Crippen molar-refractivity contribution in [1.29, 1.82) is 0 Å². The summed E-state index contributed by atoms with van der Waals surface area (Å²) in [6.45, 7) is 2.57. The van der Waals surface area contributed by atoms with Gasteiger partial charge in [-0.05, 0) is 19.8 Å². The second kappa shape index (κ2) is 2.44. The highest BCUT2D eigenvalue weighted by Gasteiger charge is 2.16. The fourth-order valence-electron chi connectivity index (χ4n) is 1.06. The molecule has 0 aromatic carbocycles. The van der Waals surface area contributed by atoms with Gasteiger partial charge in [0, 0.05) is 12.6 Å². The summed E-state index contributed by atoms with van der Waals surface area (Å²) in [5.74, 6) is 0. The molecule has 0 amide bonds. The maximum atomic E-state index is 12.4. The van der Waals surface area contributed by atoms with E-state index < -0.39 is 0 Å². The Bertz CT molecular complexity index is 64.9. The first-order chi connectivity index (χ1) is 3.80. The lowest BCUT2D eigenvalue weighted by molar-refractivity contribution is -0.0366. The molecule has 1 nitrogen and oxygen atoms in total. The molecule has 0 aromatic rings. The lowest BCUT2D eigenvalue weighted by atomic mass is 10.1. The predicted molar refractivity (Wildman–Crippen MR) is 31.1 cm³/mol. The quantitative estimate of drug-likeness (QED) is 0.437. The molecular formula is C6H12FN. The van der Waals surface area contributed by atoms with Gasteiger partial charge in [-0.25, -0.2) is 0 Å². The van der Waals surface area contributed by atoms with Gasteiger partial charge < -0.3 is 0 Å². The second-order valence-electron chi connectivity index (χ2n) is 2.47. The standard InChI is InChI=1S/C6H12FN/c1-6-4-2-3-5-8(6)7/h6H,2-5H2,1H3. The average molecular weight is 117 g/mol. The van der Waals surface area contributed by atoms with Gasteiger partial charge >= 0.3 is 0 Å². The van der Waals surface area contributed by atoms with E-state index in [9.17, 15) is 4.48 Å². The van der Waals surface area contributed by atoms with E-state index in [1.807, 2.05) is 6.92 Å². The van der Waals surface area contributed by atoms with Crippen LogP contribution >= 0.6 is 0 Å². The molecule has 8 heavy (non-hydrogen) atoms. The Morgan fingerprint density at radius 3 is 2.62 bits per heavy atom. The molecule has 1 heterocycles. The summed E-state index contributed by atoms with van der Waals surface area (Å²) in [4.78, 5) is 0. The SMILES string of the molecule is CC1CCCCN1F. The maximum Gasteiger partial charge on any atom is 0.0374 e. The third-order valence-electron chi connectivity index (χ3n) is 1.72. The Morgan fingerprint density at radius 1 is 1.50 bits per heavy atom. The van der Waals surface area contributed by atoms with Gasteiger partial charge in [-0.1, -0.05) is 6.42 Å². The molecule has 48 valence electrons. The smallest absolute Gasteiger partial charge is 0.0374 e. The van der Waals surface area contributed by atoms with E-state index in [2.05, 4.69) is 0 Å². The zero-order chi connectivity index (χ0) is 5.98. The summed E-state index contributed by atoms with van der Waals surface area (Å²) in [6, 6.07) is 0.170. The third-order valence-corrected chi connectivity index (χ3v) is 1.72. The summed E-state index contributed by atoms with van der Waals surface area (Å²) >= 11 is 0. The fraction of sp³-hybridized carbons (Fsp3) is 1.00. The van der Waals surface area contributed by atoms with Gasteiger partial charge in [0.2, 0.25) is 0 Å². The Labute approximate surface area is 49.4 Å². The minimum Gasteiger partial charge on any atom is -0.144 e. The van der Waals surface area contributed by atoms with Gasteiger partial charge in [-0.3, -0.25) is 0 Å². The summed E-state index contributed by atoms with van der Waals surface area (Å²) in [7, 11) is 0. The van der Waals surface area contributed by atoms with Crippen LogP contribution in [-0.2, 0) is 0 Å². The summed E-state index contributed by atoms with van der Waals surface area (Å²) in [5, 5.41) is 0.934. The molecule has 1 unspecified atom stereocenters. The van der Waals surface area contributed by atoms with Gasteiger partial charge in [-0.2, -0.15) is 0 Å². The fourth-order valence-corrected chi connectivity index (χ4v) is 1.06. The largest absolute Gasteiger partial charge is 0.144 e. The normalized spacial score (nSPS) is 33.0. The molecule has 1 fully saturated rings.